The van der Waals surface area contributed by atoms with Gasteiger partial charge in [0.15, 0.2) is 0 Å². The monoisotopic (exact) mass is 687 g/mol. The third-order valence-corrected chi connectivity index (χ3v) is 11.1. The highest BCUT2D eigenvalue weighted by atomic mass is 15.1. The van der Waals surface area contributed by atoms with Crippen molar-refractivity contribution in [2.45, 2.75) is 5.41 Å². The summed E-state index contributed by atoms with van der Waals surface area (Å²) in [5.74, 6) is 0. The van der Waals surface area contributed by atoms with E-state index in [2.05, 4.69) is 229 Å². The Balaban J connectivity index is 1.15. The first-order chi connectivity index (χ1) is 26.8. The summed E-state index contributed by atoms with van der Waals surface area (Å²) < 4.78 is 0. The van der Waals surface area contributed by atoms with Crippen LogP contribution >= 0.6 is 0 Å². The highest BCUT2D eigenvalue weighted by Gasteiger charge is 2.46. The molecule has 0 N–H and O–H groups in total. The maximum atomic E-state index is 2.46. The number of para-hydroxylation sites is 2. The summed E-state index contributed by atoms with van der Waals surface area (Å²) in [6.07, 6.45) is 0. The molecule has 10 rings (SSSR count). The fourth-order valence-corrected chi connectivity index (χ4v) is 8.77. The number of nitrogens with zero attached hydrogens (tertiary/aromatic N) is 1. The van der Waals surface area contributed by atoms with Gasteiger partial charge in [-0.15, -0.1) is 0 Å². The van der Waals surface area contributed by atoms with Crippen molar-refractivity contribution in [1.82, 2.24) is 0 Å². The summed E-state index contributed by atoms with van der Waals surface area (Å²) in [4.78, 5) is 2.37. The van der Waals surface area contributed by atoms with Gasteiger partial charge in [-0.3, -0.25) is 0 Å². The third kappa shape index (κ3) is 5.09. The molecule has 1 aliphatic rings. The molecule has 9 aromatic carbocycles. The Bertz CT molecular complexity index is 2700. The van der Waals surface area contributed by atoms with Crippen molar-refractivity contribution in [2.24, 2.45) is 0 Å². The van der Waals surface area contributed by atoms with E-state index >= 15 is 0 Å². The minimum absolute atomic E-state index is 0.474. The van der Waals surface area contributed by atoms with Crippen LogP contribution in [0.25, 0.3) is 44.2 Å². The minimum Gasteiger partial charge on any atom is -0.310 e. The second-order valence-electron chi connectivity index (χ2n) is 14.1. The highest BCUT2D eigenvalue weighted by Crippen LogP contribution is 2.58. The molecule has 0 fully saturated rings. The second kappa shape index (κ2) is 13.2. The fourth-order valence-electron chi connectivity index (χ4n) is 8.77. The van der Waals surface area contributed by atoms with Crippen molar-refractivity contribution in [1.29, 1.82) is 0 Å². The lowest BCUT2D eigenvalue weighted by atomic mass is 9.67. The van der Waals surface area contributed by atoms with Gasteiger partial charge in [-0.25, -0.2) is 0 Å². The second-order valence-corrected chi connectivity index (χ2v) is 14.1. The van der Waals surface area contributed by atoms with Gasteiger partial charge in [0, 0.05) is 16.9 Å². The average molecular weight is 688 g/mol. The number of benzene rings is 9. The zero-order chi connectivity index (χ0) is 35.9. The van der Waals surface area contributed by atoms with Gasteiger partial charge in [-0.05, 0) is 97.2 Å². The average Bonchev–Trinajstić information content (AvgIpc) is 3.56. The van der Waals surface area contributed by atoms with Crippen LogP contribution in [0.5, 0.6) is 0 Å². The van der Waals surface area contributed by atoms with Crippen LogP contribution < -0.4 is 4.90 Å². The summed E-state index contributed by atoms with van der Waals surface area (Å²) in [6.45, 7) is 0. The van der Waals surface area contributed by atoms with E-state index in [1.165, 1.54) is 66.4 Å². The van der Waals surface area contributed by atoms with Crippen LogP contribution in [0.1, 0.15) is 22.3 Å². The van der Waals surface area contributed by atoms with Crippen LogP contribution in [0.2, 0.25) is 0 Å². The van der Waals surface area contributed by atoms with Gasteiger partial charge in [-0.2, -0.15) is 0 Å². The number of hydrogen-bond donors (Lipinski definition) is 0. The fraction of sp³-hybridized carbons (Fsp3) is 0.0189. The first kappa shape index (κ1) is 31.7. The molecule has 0 spiro atoms. The lowest BCUT2D eigenvalue weighted by Gasteiger charge is -2.34. The van der Waals surface area contributed by atoms with Crippen molar-refractivity contribution >= 4 is 27.8 Å². The van der Waals surface area contributed by atoms with E-state index in [4.69, 9.17) is 0 Å². The van der Waals surface area contributed by atoms with E-state index in [0.717, 1.165) is 17.1 Å². The van der Waals surface area contributed by atoms with Crippen LogP contribution in [0, 0.1) is 0 Å². The predicted octanol–water partition coefficient (Wildman–Crippen LogP) is 14.0. The van der Waals surface area contributed by atoms with Crippen molar-refractivity contribution < 1.29 is 0 Å². The summed E-state index contributed by atoms with van der Waals surface area (Å²) in [5, 5.41) is 2.55. The molecule has 0 saturated heterocycles. The molecule has 254 valence electrons. The molecule has 54 heavy (non-hydrogen) atoms. The lowest BCUT2D eigenvalue weighted by molar-refractivity contribution is 0.769. The van der Waals surface area contributed by atoms with Crippen LogP contribution in [0.3, 0.4) is 0 Å². The predicted molar refractivity (Wildman–Crippen MR) is 227 cm³/mol. The Kier molecular flexibility index (Phi) is 7.78. The summed E-state index contributed by atoms with van der Waals surface area (Å²) >= 11 is 0. The molecule has 0 unspecified atom stereocenters. The Hall–Kier alpha value is -6.96. The minimum atomic E-state index is -0.474. The zero-order valence-electron chi connectivity index (χ0n) is 29.8. The first-order valence-corrected chi connectivity index (χ1v) is 18.7. The number of fused-ring (bicyclic) bond motifs is 5. The molecule has 0 bridgehead atoms. The van der Waals surface area contributed by atoms with E-state index in [1.54, 1.807) is 0 Å². The highest BCUT2D eigenvalue weighted by molar-refractivity contribution is 6.04. The summed E-state index contributed by atoms with van der Waals surface area (Å²) in [6, 6.07) is 81.9. The summed E-state index contributed by atoms with van der Waals surface area (Å²) in [5.41, 5.74) is 15.5. The standard InChI is InChI=1S/C53H37N/c1-5-17-39(18-6-1)46-26-15-16-28-51(46)54(44-24-11-4-12-25-44)45-33-29-38(30-34-45)41-31-35-48-50(37-41)53(42-20-7-2-8-21-42,43-22-9-3-10-23-43)49-36-32-40-19-13-14-27-47(40)52(48)49/h1-37H. The molecule has 0 saturated carbocycles. The Labute approximate surface area is 317 Å². The van der Waals surface area contributed by atoms with E-state index < -0.39 is 5.41 Å². The number of hydrogen-bond acceptors (Lipinski definition) is 1. The molecule has 0 heterocycles. The Morgan fingerprint density at radius 3 is 1.59 bits per heavy atom. The maximum Gasteiger partial charge on any atom is 0.0714 e. The van der Waals surface area contributed by atoms with Crippen molar-refractivity contribution in [3.63, 3.8) is 0 Å². The Morgan fingerprint density at radius 1 is 0.333 bits per heavy atom. The van der Waals surface area contributed by atoms with Gasteiger partial charge in [-0.1, -0.05) is 188 Å². The number of anilines is 3. The molecule has 1 heteroatoms. The zero-order valence-corrected chi connectivity index (χ0v) is 29.8. The van der Waals surface area contributed by atoms with Crippen LogP contribution in [0.4, 0.5) is 17.1 Å². The molecule has 0 radical (unpaired) electrons. The van der Waals surface area contributed by atoms with E-state index in [-0.39, 0.29) is 0 Å². The molecule has 1 nitrogen and oxygen atoms in total. The van der Waals surface area contributed by atoms with Crippen LogP contribution in [0.15, 0.2) is 224 Å². The van der Waals surface area contributed by atoms with Crippen molar-refractivity contribution in [3.05, 3.63) is 247 Å². The molecule has 1 aliphatic carbocycles. The lowest BCUT2D eigenvalue weighted by Crippen LogP contribution is -2.28. The number of rotatable bonds is 7. The van der Waals surface area contributed by atoms with Gasteiger partial charge in [0.1, 0.15) is 0 Å². The quantitative estimate of drug-likeness (QED) is 0.161. The normalized spacial score (nSPS) is 12.6. The Morgan fingerprint density at radius 2 is 0.889 bits per heavy atom. The van der Waals surface area contributed by atoms with Gasteiger partial charge in [0.25, 0.3) is 0 Å². The van der Waals surface area contributed by atoms with E-state index in [9.17, 15) is 0 Å². The molecule has 0 amide bonds. The van der Waals surface area contributed by atoms with Gasteiger partial charge >= 0.3 is 0 Å². The summed E-state index contributed by atoms with van der Waals surface area (Å²) in [7, 11) is 0. The molecule has 0 aliphatic heterocycles. The smallest absolute Gasteiger partial charge is 0.0714 e. The van der Waals surface area contributed by atoms with E-state index in [0.29, 0.717) is 0 Å². The molecule has 0 atom stereocenters. The van der Waals surface area contributed by atoms with Crippen LogP contribution in [-0.2, 0) is 5.41 Å². The SMILES string of the molecule is c1ccc(-c2ccccc2N(c2ccccc2)c2ccc(-c3ccc4c(c3)C(c3ccccc3)(c3ccccc3)c3ccc5ccccc5c3-4)cc2)cc1. The van der Waals surface area contributed by atoms with Gasteiger partial charge < -0.3 is 4.90 Å². The largest absolute Gasteiger partial charge is 0.310 e. The first-order valence-electron chi connectivity index (χ1n) is 18.7. The van der Waals surface area contributed by atoms with E-state index in [1.807, 2.05) is 0 Å². The maximum absolute atomic E-state index is 2.46. The molecular formula is C53H37N. The third-order valence-electron chi connectivity index (χ3n) is 11.1. The van der Waals surface area contributed by atoms with Gasteiger partial charge in [0.05, 0.1) is 11.1 Å². The van der Waals surface area contributed by atoms with Crippen LogP contribution in [-0.4, -0.2) is 0 Å². The molecule has 0 aromatic heterocycles. The molecule has 9 aromatic rings. The molecular weight excluding hydrogens is 651 g/mol. The van der Waals surface area contributed by atoms with Gasteiger partial charge in [0.2, 0.25) is 0 Å². The van der Waals surface area contributed by atoms with Crippen molar-refractivity contribution in [3.8, 4) is 33.4 Å². The topological polar surface area (TPSA) is 3.24 Å². The van der Waals surface area contributed by atoms with Crippen molar-refractivity contribution in [2.75, 3.05) is 4.90 Å².